The molecule has 162 valence electrons. The van der Waals surface area contributed by atoms with Crippen molar-refractivity contribution in [2.45, 2.75) is 25.2 Å². The number of hydrogen-bond acceptors (Lipinski definition) is 3. The van der Waals surface area contributed by atoms with Crippen molar-refractivity contribution in [1.29, 1.82) is 5.26 Å². The van der Waals surface area contributed by atoms with Crippen LogP contribution < -0.4 is 5.32 Å². The first-order valence-corrected chi connectivity index (χ1v) is 9.17. The average molecular weight is 437 g/mol. The minimum Gasteiger partial charge on any atom is -0.338 e. The molecule has 0 saturated carbocycles. The van der Waals surface area contributed by atoms with E-state index in [-0.39, 0.29) is 30.6 Å². The number of alkyl halides is 3. The number of nitrogens with one attached hydrogen (secondary N) is 1. The summed E-state index contributed by atoms with van der Waals surface area (Å²) in [5, 5.41) is 11.6. The van der Waals surface area contributed by atoms with E-state index in [1.165, 1.54) is 17.0 Å². The van der Waals surface area contributed by atoms with Crippen LogP contribution in [0.15, 0.2) is 42.5 Å². The Hall–Kier alpha value is -3.48. The Balaban J connectivity index is 1.67. The number of hydrogen-bond donors (Lipinski definition) is 1. The molecule has 2 unspecified atom stereocenters. The van der Waals surface area contributed by atoms with Gasteiger partial charge in [-0.05, 0) is 23.8 Å². The third kappa shape index (κ3) is 5.17. The monoisotopic (exact) mass is 437 g/mol. The lowest BCUT2D eigenvalue weighted by molar-refractivity contribution is -0.137. The largest absolute Gasteiger partial charge is 0.416 e. The fourth-order valence-electron chi connectivity index (χ4n) is 3.34. The molecular formula is C21H16F5N3O2. The molecule has 1 fully saturated rings. The highest BCUT2D eigenvalue weighted by molar-refractivity contribution is 5.89. The Labute approximate surface area is 174 Å². The van der Waals surface area contributed by atoms with Gasteiger partial charge in [-0.15, -0.1) is 0 Å². The molecule has 1 saturated heterocycles. The van der Waals surface area contributed by atoms with Crippen LogP contribution in [0, 0.1) is 28.9 Å². The summed E-state index contributed by atoms with van der Waals surface area (Å²) in [6, 6.07) is 7.43. The highest BCUT2D eigenvalue weighted by atomic mass is 19.4. The summed E-state index contributed by atoms with van der Waals surface area (Å²) in [7, 11) is 0. The number of carbonyl (C=O) groups is 2. The predicted molar refractivity (Wildman–Crippen MR) is 97.8 cm³/mol. The number of amides is 2. The van der Waals surface area contributed by atoms with E-state index in [1.54, 1.807) is 6.07 Å². The number of likely N-dealkylation sites (tertiary alicyclic amines) is 1. The number of halogens is 5. The van der Waals surface area contributed by atoms with Crippen molar-refractivity contribution in [2.24, 2.45) is 5.92 Å². The Morgan fingerprint density at radius 1 is 1.23 bits per heavy atom. The Bertz CT molecular complexity index is 1050. The first-order valence-electron chi connectivity index (χ1n) is 9.17. The SMILES string of the molecule is N#CC(NC(=O)C1CC(=O)N(Cc2cccc(C(F)(F)F)c2)C1)c1ccc(F)cc1F. The molecule has 31 heavy (non-hydrogen) atoms. The highest BCUT2D eigenvalue weighted by Gasteiger charge is 2.36. The lowest BCUT2D eigenvalue weighted by Crippen LogP contribution is -2.35. The summed E-state index contributed by atoms with van der Waals surface area (Å²) in [5.41, 5.74) is -0.806. The molecule has 2 atom stereocenters. The maximum atomic E-state index is 13.9. The second-order valence-electron chi connectivity index (χ2n) is 7.11. The predicted octanol–water partition coefficient (Wildman–Crippen LogP) is 3.71. The van der Waals surface area contributed by atoms with Gasteiger partial charge in [0.25, 0.3) is 0 Å². The van der Waals surface area contributed by atoms with Crippen molar-refractivity contribution in [2.75, 3.05) is 6.54 Å². The van der Waals surface area contributed by atoms with Crippen molar-refractivity contribution in [3.05, 3.63) is 70.8 Å². The van der Waals surface area contributed by atoms with Gasteiger partial charge in [0.1, 0.15) is 17.7 Å². The van der Waals surface area contributed by atoms with Crippen LogP contribution in [0.1, 0.15) is 29.2 Å². The maximum absolute atomic E-state index is 13.9. The third-order valence-electron chi connectivity index (χ3n) is 4.90. The summed E-state index contributed by atoms with van der Waals surface area (Å²) in [6.07, 6.45) is -4.72. The smallest absolute Gasteiger partial charge is 0.338 e. The molecule has 2 aromatic rings. The molecule has 3 rings (SSSR count). The number of nitriles is 1. The molecule has 0 bridgehead atoms. The van der Waals surface area contributed by atoms with Crippen molar-refractivity contribution >= 4 is 11.8 Å². The Morgan fingerprint density at radius 3 is 2.61 bits per heavy atom. The maximum Gasteiger partial charge on any atom is 0.416 e. The van der Waals surface area contributed by atoms with Crippen LogP contribution in [-0.4, -0.2) is 23.3 Å². The lowest BCUT2D eigenvalue weighted by atomic mass is 10.0. The molecule has 10 heteroatoms. The first-order chi connectivity index (χ1) is 14.6. The van der Waals surface area contributed by atoms with Crippen LogP contribution in [0.2, 0.25) is 0 Å². The van der Waals surface area contributed by atoms with Gasteiger partial charge in [-0.2, -0.15) is 18.4 Å². The van der Waals surface area contributed by atoms with Crippen molar-refractivity contribution < 1.29 is 31.5 Å². The van der Waals surface area contributed by atoms with Crippen molar-refractivity contribution in [3.63, 3.8) is 0 Å². The summed E-state index contributed by atoms with van der Waals surface area (Å²) >= 11 is 0. The molecular weight excluding hydrogens is 421 g/mol. The van der Waals surface area contributed by atoms with E-state index >= 15 is 0 Å². The number of nitrogens with zero attached hydrogens (tertiary/aromatic N) is 2. The molecule has 5 nitrogen and oxygen atoms in total. The Morgan fingerprint density at radius 2 is 1.97 bits per heavy atom. The van der Waals surface area contributed by atoms with E-state index in [4.69, 9.17) is 0 Å². The van der Waals surface area contributed by atoms with Crippen molar-refractivity contribution in [1.82, 2.24) is 10.2 Å². The van der Waals surface area contributed by atoms with E-state index in [0.717, 1.165) is 24.3 Å². The van der Waals surface area contributed by atoms with Gasteiger partial charge in [0, 0.05) is 31.1 Å². The molecule has 1 heterocycles. The van der Waals surface area contributed by atoms with Gasteiger partial charge >= 0.3 is 6.18 Å². The summed E-state index contributed by atoms with van der Waals surface area (Å²) in [5.74, 6) is -3.82. The van der Waals surface area contributed by atoms with Crippen molar-refractivity contribution in [3.8, 4) is 6.07 Å². The molecule has 1 aliphatic rings. The Kier molecular flexibility index (Phi) is 6.24. The van der Waals surface area contributed by atoms with Gasteiger partial charge in [-0.25, -0.2) is 8.78 Å². The van der Waals surface area contributed by atoms with Gasteiger partial charge in [0.15, 0.2) is 0 Å². The minimum absolute atomic E-state index is 0.0645. The molecule has 2 amide bonds. The van der Waals surface area contributed by atoms with Gasteiger partial charge < -0.3 is 10.2 Å². The molecule has 0 radical (unpaired) electrons. The number of benzene rings is 2. The van der Waals surface area contributed by atoms with Gasteiger partial charge in [0.2, 0.25) is 11.8 Å². The average Bonchev–Trinajstić information content (AvgIpc) is 3.06. The standard InChI is InChI=1S/C21H16F5N3O2/c22-15-4-5-16(17(23)8-15)18(9-27)28-20(31)13-7-19(30)29(11-13)10-12-2-1-3-14(6-12)21(24,25)26/h1-6,8,13,18H,7,10-11H2,(H,28,31). The van der Waals surface area contributed by atoms with Crippen LogP contribution in [-0.2, 0) is 22.3 Å². The number of carbonyl (C=O) groups excluding carboxylic acids is 2. The fraction of sp³-hybridized carbons (Fsp3) is 0.286. The minimum atomic E-state index is -4.52. The summed E-state index contributed by atoms with van der Waals surface area (Å²) in [6.45, 7) is -0.175. The molecule has 0 aliphatic carbocycles. The zero-order valence-corrected chi connectivity index (χ0v) is 15.9. The van der Waals surface area contributed by atoms with E-state index < -0.39 is 47.1 Å². The first kappa shape index (κ1) is 22.2. The summed E-state index contributed by atoms with van der Waals surface area (Å²) < 4.78 is 65.6. The fourth-order valence-corrected chi connectivity index (χ4v) is 3.34. The van der Waals surface area contributed by atoms with E-state index in [2.05, 4.69) is 5.32 Å². The van der Waals surface area contributed by atoms with E-state index in [0.29, 0.717) is 6.07 Å². The van der Waals surface area contributed by atoms with Crippen LogP contribution >= 0.6 is 0 Å². The van der Waals surface area contributed by atoms with Crippen LogP contribution in [0.4, 0.5) is 22.0 Å². The summed E-state index contributed by atoms with van der Waals surface area (Å²) in [4.78, 5) is 26.0. The van der Waals surface area contributed by atoms with E-state index in [9.17, 15) is 36.8 Å². The molecule has 2 aromatic carbocycles. The van der Waals surface area contributed by atoms with Crippen LogP contribution in [0.25, 0.3) is 0 Å². The second-order valence-corrected chi connectivity index (χ2v) is 7.11. The van der Waals surface area contributed by atoms with Gasteiger partial charge in [-0.1, -0.05) is 18.2 Å². The highest BCUT2D eigenvalue weighted by Crippen LogP contribution is 2.30. The topological polar surface area (TPSA) is 73.2 Å². The molecule has 1 aliphatic heterocycles. The van der Waals surface area contributed by atoms with E-state index in [1.807, 2.05) is 0 Å². The molecule has 0 spiro atoms. The van der Waals surface area contributed by atoms with Crippen LogP contribution in [0.5, 0.6) is 0 Å². The van der Waals surface area contributed by atoms with Crippen LogP contribution in [0.3, 0.4) is 0 Å². The van der Waals surface area contributed by atoms with Gasteiger partial charge in [-0.3, -0.25) is 9.59 Å². The number of rotatable bonds is 5. The quantitative estimate of drug-likeness (QED) is 0.725. The molecule has 1 N–H and O–H groups in total. The van der Waals surface area contributed by atoms with Gasteiger partial charge in [0.05, 0.1) is 17.6 Å². The normalized spacial score (nSPS) is 17.4. The zero-order valence-electron chi connectivity index (χ0n) is 15.9. The lowest BCUT2D eigenvalue weighted by Gasteiger charge is -2.18. The second kappa shape index (κ2) is 8.71. The third-order valence-corrected chi connectivity index (χ3v) is 4.90. The zero-order chi connectivity index (χ0) is 22.8. The molecule has 0 aromatic heterocycles.